The Hall–Kier alpha value is -2.90. The SMILES string of the molecule is COc1ccc(CC(=O)N2CCN(C(=O)C3=NNC(=O)CC3)CC2)cc1. The van der Waals surface area contributed by atoms with Crippen LogP contribution in [0.5, 0.6) is 5.75 Å². The number of nitrogens with one attached hydrogen (secondary N) is 1. The van der Waals surface area contributed by atoms with Gasteiger partial charge in [0.15, 0.2) is 0 Å². The van der Waals surface area contributed by atoms with Crippen molar-refractivity contribution in [1.82, 2.24) is 15.2 Å². The number of hydrazone groups is 1. The third-order valence-corrected chi connectivity index (χ3v) is 4.59. The highest BCUT2D eigenvalue weighted by Crippen LogP contribution is 2.13. The molecule has 2 heterocycles. The fourth-order valence-electron chi connectivity index (χ4n) is 3.00. The van der Waals surface area contributed by atoms with Gasteiger partial charge in [-0.3, -0.25) is 14.4 Å². The van der Waals surface area contributed by atoms with Crippen LogP contribution in [0.25, 0.3) is 0 Å². The van der Waals surface area contributed by atoms with E-state index in [0.717, 1.165) is 11.3 Å². The first-order chi connectivity index (χ1) is 12.6. The van der Waals surface area contributed by atoms with Crippen LogP contribution in [0.2, 0.25) is 0 Å². The van der Waals surface area contributed by atoms with Crippen LogP contribution >= 0.6 is 0 Å². The average Bonchev–Trinajstić information content (AvgIpc) is 2.69. The zero-order valence-electron chi connectivity index (χ0n) is 14.7. The van der Waals surface area contributed by atoms with E-state index in [1.165, 1.54) is 0 Å². The molecule has 0 saturated carbocycles. The fourth-order valence-corrected chi connectivity index (χ4v) is 3.00. The predicted octanol–water partition coefficient (Wildman–Crippen LogP) is 0.175. The maximum Gasteiger partial charge on any atom is 0.270 e. The van der Waals surface area contributed by atoms with Gasteiger partial charge in [-0.15, -0.1) is 0 Å². The molecule has 2 aliphatic heterocycles. The average molecular weight is 358 g/mol. The molecule has 26 heavy (non-hydrogen) atoms. The minimum absolute atomic E-state index is 0.0459. The largest absolute Gasteiger partial charge is 0.497 e. The van der Waals surface area contributed by atoms with Gasteiger partial charge in [0, 0.05) is 39.0 Å². The zero-order valence-corrected chi connectivity index (χ0v) is 14.7. The molecular formula is C18H22N4O4. The summed E-state index contributed by atoms with van der Waals surface area (Å²) in [5.74, 6) is 0.474. The summed E-state index contributed by atoms with van der Waals surface area (Å²) in [6.07, 6.45) is 0.975. The molecule has 8 nitrogen and oxygen atoms in total. The number of ether oxygens (including phenoxy) is 1. The Kier molecular flexibility index (Phi) is 5.50. The maximum atomic E-state index is 12.5. The lowest BCUT2D eigenvalue weighted by Gasteiger charge is -2.35. The summed E-state index contributed by atoms with van der Waals surface area (Å²) in [7, 11) is 1.60. The third-order valence-electron chi connectivity index (χ3n) is 4.59. The van der Waals surface area contributed by atoms with E-state index in [9.17, 15) is 14.4 Å². The van der Waals surface area contributed by atoms with Crippen molar-refractivity contribution in [2.75, 3.05) is 33.3 Å². The summed E-state index contributed by atoms with van der Waals surface area (Å²) in [5, 5.41) is 3.84. The van der Waals surface area contributed by atoms with Crippen molar-refractivity contribution in [3.63, 3.8) is 0 Å². The Morgan fingerprint density at radius 1 is 1.08 bits per heavy atom. The normalized spacial score (nSPS) is 17.4. The molecule has 1 saturated heterocycles. The molecule has 0 spiro atoms. The predicted molar refractivity (Wildman–Crippen MR) is 94.7 cm³/mol. The summed E-state index contributed by atoms with van der Waals surface area (Å²) in [5.41, 5.74) is 3.65. The van der Waals surface area contributed by atoms with Gasteiger partial charge in [0.05, 0.1) is 13.5 Å². The van der Waals surface area contributed by atoms with Crippen LogP contribution in [0.15, 0.2) is 29.4 Å². The van der Waals surface area contributed by atoms with Crippen LogP contribution in [0.3, 0.4) is 0 Å². The van der Waals surface area contributed by atoms with Gasteiger partial charge in [0.25, 0.3) is 5.91 Å². The van der Waals surface area contributed by atoms with Gasteiger partial charge in [0.1, 0.15) is 11.5 Å². The number of piperazine rings is 1. The van der Waals surface area contributed by atoms with E-state index in [1.54, 1.807) is 16.9 Å². The topological polar surface area (TPSA) is 91.3 Å². The summed E-state index contributed by atoms with van der Waals surface area (Å²) in [4.78, 5) is 39.5. The number of hydrogen-bond acceptors (Lipinski definition) is 5. The molecule has 1 aromatic rings. The van der Waals surface area contributed by atoms with Crippen molar-refractivity contribution in [2.24, 2.45) is 5.10 Å². The van der Waals surface area contributed by atoms with Crippen molar-refractivity contribution in [1.29, 1.82) is 0 Å². The number of benzene rings is 1. The van der Waals surface area contributed by atoms with E-state index in [0.29, 0.717) is 44.7 Å². The highest BCUT2D eigenvalue weighted by Gasteiger charge is 2.28. The maximum absolute atomic E-state index is 12.5. The van der Waals surface area contributed by atoms with Crippen LogP contribution in [-0.2, 0) is 20.8 Å². The first-order valence-electron chi connectivity index (χ1n) is 8.62. The molecule has 0 unspecified atom stereocenters. The smallest absolute Gasteiger partial charge is 0.270 e. The van der Waals surface area contributed by atoms with Crippen LogP contribution in [-0.4, -0.2) is 66.5 Å². The summed E-state index contributed by atoms with van der Waals surface area (Å²) in [6.45, 7) is 1.95. The molecule has 1 fully saturated rings. The van der Waals surface area contributed by atoms with Crippen LogP contribution in [0, 0.1) is 0 Å². The van der Waals surface area contributed by atoms with Crippen molar-refractivity contribution in [3.8, 4) is 5.75 Å². The Morgan fingerprint density at radius 3 is 2.31 bits per heavy atom. The lowest BCUT2D eigenvalue weighted by atomic mass is 10.1. The van der Waals surface area contributed by atoms with Gasteiger partial charge in [-0.05, 0) is 17.7 Å². The van der Waals surface area contributed by atoms with E-state index < -0.39 is 0 Å². The molecule has 0 bridgehead atoms. The third kappa shape index (κ3) is 4.19. The second-order valence-corrected chi connectivity index (χ2v) is 6.29. The molecule has 0 aromatic heterocycles. The van der Waals surface area contributed by atoms with E-state index in [2.05, 4.69) is 10.5 Å². The van der Waals surface area contributed by atoms with E-state index in [-0.39, 0.29) is 24.1 Å². The number of carbonyl (C=O) groups is 3. The molecule has 138 valence electrons. The first-order valence-corrected chi connectivity index (χ1v) is 8.62. The van der Waals surface area contributed by atoms with E-state index in [1.807, 2.05) is 24.3 Å². The Bertz CT molecular complexity index is 721. The number of methoxy groups -OCH3 is 1. The van der Waals surface area contributed by atoms with E-state index in [4.69, 9.17) is 4.74 Å². The lowest BCUT2D eigenvalue weighted by Crippen LogP contribution is -2.53. The van der Waals surface area contributed by atoms with Gasteiger partial charge >= 0.3 is 0 Å². The molecule has 0 atom stereocenters. The molecule has 1 aromatic carbocycles. The number of nitrogens with zero attached hydrogens (tertiary/aromatic N) is 3. The van der Waals surface area contributed by atoms with Gasteiger partial charge in [-0.1, -0.05) is 12.1 Å². The second kappa shape index (κ2) is 7.99. The van der Waals surface area contributed by atoms with Crippen molar-refractivity contribution >= 4 is 23.4 Å². The van der Waals surface area contributed by atoms with Crippen molar-refractivity contribution < 1.29 is 19.1 Å². The number of amides is 3. The minimum atomic E-state index is -0.171. The Labute approximate surface area is 151 Å². The summed E-state index contributed by atoms with van der Waals surface area (Å²) in [6, 6.07) is 7.43. The number of hydrogen-bond donors (Lipinski definition) is 1. The molecule has 3 amide bonds. The summed E-state index contributed by atoms with van der Waals surface area (Å²) >= 11 is 0. The van der Waals surface area contributed by atoms with Gasteiger partial charge < -0.3 is 14.5 Å². The standard InChI is InChI=1S/C18H22N4O4/c1-26-14-4-2-13(3-5-14)12-17(24)21-8-10-22(11-9-21)18(25)15-6-7-16(23)20-19-15/h2-5H,6-12H2,1H3,(H,20,23). The van der Waals surface area contributed by atoms with E-state index >= 15 is 0 Å². The molecule has 1 N–H and O–H groups in total. The second-order valence-electron chi connectivity index (χ2n) is 6.29. The molecular weight excluding hydrogens is 336 g/mol. The summed E-state index contributed by atoms with van der Waals surface area (Å²) < 4.78 is 5.12. The highest BCUT2D eigenvalue weighted by atomic mass is 16.5. The lowest BCUT2D eigenvalue weighted by molar-refractivity contribution is -0.136. The Balaban J connectivity index is 1.50. The highest BCUT2D eigenvalue weighted by molar-refractivity contribution is 6.39. The van der Waals surface area contributed by atoms with Gasteiger partial charge in [-0.25, -0.2) is 5.43 Å². The Morgan fingerprint density at radius 2 is 1.73 bits per heavy atom. The zero-order chi connectivity index (χ0) is 18.5. The number of carbonyl (C=O) groups excluding carboxylic acids is 3. The van der Waals surface area contributed by atoms with Crippen molar-refractivity contribution in [3.05, 3.63) is 29.8 Å². The van der Waals surface area contributed by atoms with Crippen LogP contribution < -0.4 is 10.2 Å². The molecule has 0 aliphatic carbocycles. The quantitative estimate of drug-likeness (QED) is 0.831. The monoisotopic (exact) mass is 358 g/mol. The minimum Gasteiger partial charge on any atom is -0.497 e. The van der Waals surface area contributed by atoms with Crippen molar-refractivity contribution in [2.45, 2.75) is 19.3 Å². The van der Waals surface area contributed by atoms with Crippen LogP contribution in [0.4, 0.5) is 0 Å². The molecule has 2 aliphatic rings. The van der Waals surface area contributed by atoms with Crippen LogP contribution in [0.1, 0.15) is 18.4 Å². The molecule has 3 rings (SSSR count). The molecule has 0 radical (unpaired) electrons. The van der Waals surface area contributed by atoms with Gasteiger partial charge in [0.2, 0.25) is 11.8 Å². The first kappa shape index (κ1) is 17.9. The van der Waals surface area contributed by atoms with Gasteiger partial charge in [-0.2, -0.15) is 5.10 Å². The molecule has 8 heteroatoms. The fraction of sp³-hybridized carbons (Fsp3) is 0.444. The number of rotatable bonds is 4.